The molecule has 1 unspecified atom stereocenters. The van der Waals surface area contributed by atoms with Gasteiger partial charge in [-0.2, -0.15) is 10.5 Å². The van der Waals surface area contributed by atoms with Crippen molar-refractivity contribution in [2.75, 3.05) is 11.1 Å². The second kappa shape index (κ2) is 9.54. The van der Waals surface area contributed by atoms with Gasteiger partial charge in [-0.25, -0.2) is 4.98 Å². The maximum atomic E-state index is 12.6. The number of amides is 1. The molecular weight excluding hydrogens is 424 g/mol. The predicted molar refractivity (Wildman–Crippen MR) is 123 cm³/mol. The number of nitrogens with zero attached hydrogens (tertiary/aromatic N) is 4. The average molecular weight is 447 g/mol. The van der Waals surface area contributed by atoms with E-state index in [1.807, 2.05) is 24.3 Å². The van der Waals surface area contributed by atoms with Gasteiger partial charge in [0.1, 0.15) is 34.3 Å². The largest absolute Gasteiger partial charge is 0.383 e. The molecule has 2 aromatic heterocycles. The summed E-state index contributed by atoms with van der Waals surface area (Å²) in [5.74, 6) is 0.897. The number of aryl methyl sites for hydroxylation is 1. The average Bonchev–Trinajstić information content (AvgIpc) is 3.17. The zero-order chi connectivity index (χ0) is 23.4. The van der Waals surface area contributed by atoms with Gasteiger partial charge in [0, 0.05) is 11.6 Å². The number of nitrogens with two attached hydrogens (primary N) is 1. The molecule has 1 atom stereocenters. The van der Waals surface area contributed by atoms with E-state index in [9.17, 15) is 15.3 Å². The summed E-state index contributed by atoms with van der Waals surface area (Å²) >= 11 is 1.09. The normalized spacial score (nSPS) is 11.6. The van der Waals surface area contributed by atoms with E-state index in [4.69, 9.17) is 10.3 Å². The maximum Gasteiger partial charge on any atom is 0.238 e. The standard InChI is InChI=1S/C23H22N6O2S/c1-12(2)15-5-7-16(8-6-15)20-17(10-24)21(26)28-23(18(20)11-25)32-14(4)22(30)27-19-9-13(3)31-29-19/h5-9,12,14H,1-4H3,(H2,26,28)(H,27,29,30). The second-order valence-electron chi connectivity index (χ2n) is 7.50. The highest BCUT2D eigenvalue weighted by Crippen LogP contribution is 2.37. The van der Waals surface area contributed by atoms with E-state index in [1.54, 1.807) is 19.9 Å². The minimum Gasteiger partial charge on any atom is -0.383 e. The molecule has 0 aliphatic heterocycles. The SMILES string of the molecule is Cc1cc(NC(=O)C(C)Sc2nc(N)c(C#N)c(-c3ccc(C(C)C)cc3)c2C#N)no1. The van der Waals surface area contributed by atoms with E-state index < -0.39 is 5.25 Å². The highest BCUT2D eigenvalue weighted by Gasteiger charge is 2.24. The predicted octanol–water partition coefficient (Wildman–Crippen LogP) is 4.61. The number of hydrogen-bond donors (Lipinski definition) is 2. The summed E-state index contributed by atoms with van der Waals surface area (Å²) in [4.78, 5) is 16.8. The van der Waals surface area contributed by atoms with E-state index in [2.05, 4.69) is 41.4 Å². The van der Waals surface area contributed by atoms with Crippen molar-refractivity contribution >= 4 is 29.3 Å². The Morgan fingerprint density at radius 2 is 1.81 bits per heavy atom. The van der Waals surface area contributed by atoms with Crippen LogP contribution in [0, 0.1) is 29.6 Å². The minimum atomic E-state index is -0.616. The first kappa shape index (κ1) is 22.9. The Kier molecular flexibility index (Phi) is 6.82. The van der Waals surface area contributed by atoms with Crippen LogP contribution in [0.4, 0.5) is 11.6 Å². The van der Waals surface area contributed by atoms with Crippen LogP contribution in [0.15, 0.2) is 39.9 Å². The summed E-state index contributed by atoms with van der Waals surface area (Å²) in [5.41, 5.74) is 8.65. The van der Waals surface area contributed by atoms with Crippen LogP contribution in [0.25, 0.3) is 11.1 Å². The van der Waals surface area contributed by atoms with Gasteiger partial charge in [-0.05, 0) is 30.9 Å². The molecule has 0 aliphatic rings. The summed E-state index contributed by atoms with van der Waals surface area (Å²) in [6.45, 7) is 7.57. The van der Waals surface area contributed by atoms with Gasteiger partial charge in [0.15, 0.2) is 5.82 Å². The Bertz CT molecular complexity index is 1240. The van der Waals surface area contributed by atoms with Crippen LogP contribution in [0.2, 0.25) is 0 Å². The van der Waals surface area contributed by atoms with Crippen molar-refractivity contribution < 1.29 is 9.32 Å². The van der Waals surface area contributed by atoms with E-state index in [0.717, 1.165) is 17.3 Å². The molecule has 3 rings (SSSR count). The Morgan fingerprint density at radius 3 is 2.34 bits per heavy atom. The van der Waals surface area contributed by atoms with Crippen molar-refractivity contribution in [2.24, 2.45) is 0 Å². The Balaban J connectivity index is 1.99. The first-order valence-corrected chi connectivity index (χ1v) is 10.8. The number of anilines is 2. The molecule has 0 aliphatic carbocycles. The van der Waals surface area contributed by atoms with Crippen LogP contribution < -0.4 is 11.1 Å². The van der Waals surface area contributed by atoms with Crippen LogP contribution >= 0.6 is 11.8 Å². The molecule has 1 aromatic carbocycles. The summed E-state index contributed by atoms with van der Waals surface area (Å²) in [6.07, 6.45) is 0. The molecule has 0 radical (unpaired) electrons. The maximum absolute atomic E-state index is 12.6. The van der Waals surface area contributed by atoms with Gasteiger partial charge in [0.25, 0.3) is 0 Å². The van der Waals surface area contributed by atoms with Crippen LogP contribution in [-0.2, 0) is 4.79 Å². The number of benzene rings is 1. The fourth-order valence-electron chi connectivity index (χ4n) is 3.08. The molecular formula is C23H22N6O2S. The molecule has 0 spiro atoms. The molecule has 9 heteroatoms. The Labute approximate surface area is 190 Å². The summed E-state index contributed by atoms with van der Waals surface area (Å²) in [7, 11) is 0. The van der Waals surface area contributed by atoms with Gasteiger partial charge in [-0.1, -0.05) is 55.0 Å². The van der Waals surface area contributed by atoms with E-state index in [0.29, 0.717) is 28.6 Å². The minimum absolute atomic E-state index is 0.0108. The topological polar surface area (TPSA) is 142 Å². The number of nitriles is 2. The molecule has 0 saturated heterocycles. The zero-order valence-electron chi connectivity index (χ0n) is 18.1. The van der Waals surface area contributed by atoms with Crippen molar-refractivity contribution in [3.05, 3.63) is 52.8 Å². The third-order valence-corrected chi connectivity index (χ3v) is 5.90. The van der Waals surface area contributed by atoms with Crippen molar-refractivity contribution in [2.45, 2.75) is 43.9 Å². The number of hydrogen-bond acceptors (Lipinski definition) is 8. The highest BCUT2D eigenvalue weighted by molar-refractivity contribution is 8.00. The smallest absolute Gasteiger partial charge is 0.238 e. The zero-order valence-corrected chi connectivity index (χ0v) is 18.9. The number of nitrogens with one attached hydrogen (secondary N) is 1. The lowest BCUT2D eigenvalue weighted by atomic mass is 9.94. The molecule has 0 bridgehead atoms. The third kappa shape index (κ3) is 4.74. The number of aromatic nitrogens is 2. The number of carbonyl (C=O) groups excluding carboxylic acids is 1. The first-order valence-electron chi connectivity index (χ1n) is 9.90. The lowest BCUT2D eigenvalue weighted by Crippen LogP contribution is -2.23. The van der Waals surface area contributed by atoms with E-state index in [1.165, 1.54) is 0 Å². The van der Waals surface area contributed by atoms with Crippen LogP contribution in [0.1, 0.15) is 49.1 Å². The number of carbonyl (C=O) groups is 1. The molecule has 3 N–H and O–H groups in total. The van der Waals surface area contributed by atoms with Gasteiger partial charge in [-0.3, -0.25) is 4.79 Å². The number of rotatable bonds is 6. The van der Waals surface area contributed by atoms with Gasteiger partial charge >= 0.3 is 0 Å². The van der Waals surface area contributed by atoms with Gasteiger partial charge < -0.3 is 15.6 Å². The summed E-state index contributed by atoms with van der Waals surface area (Å²) < 4.78 is 4.95. The Morgan fingerprint density at radius 1 is 1.16 bits per heavy atom. The molecule has 2 heterocycles. The molecule has 8 nitrogen and oxygen atoms in total. The van der Waals surface area contributed by atoms with Crippen molar-refractivity contribution in [3.8, 4) is 23.3 Å². The van der Waals surface area contributed by atoms with Crippen molar-refractivity contribution in [1.29, 1.82) is 10.5 Å². The molecule has 0 fully saturated rings. The fourth-order valence-corrected chi connectivity index (χ4v) is 4.00. The first-order chi connectivity index (χ1) is 15.2. The van der Waals surface area contributed by atoms with Crippen LogP contribution in [0.5, 0.6) is 0 Å². The Hall–Kier alpha value is -3.82. The quantitative estimate of drug-likeness (QED) is 0.523. The second-order valence-corrected chi connectivity index (χ2v) is 8.83. The molecule has 0 saturated carbocycles. The fraction of sp³-hybridized carbons (Fsp3) is 0.261. The monoisotopic (exact) mass is 446 g/mol. The van der Waals surface area contributed by atoms with Crippen molar-refractivity contribution in [3.63, 3.8) is 0 Å². The van der Waals surface area contributed by atoms with Crippen molar-refractivity contribution in [1.82, 2.24) is 10.1 Å². The summed E-state index contributed by atoms with van der Waals surface area (Å²) in [6, 6.07) is 13.5. The van der Waals surface area contributed by atoms with E-state index in [-0.39, 0.29) is 27.9 Å². The van der Waals surface area contributed by atoms with Gasteiger partial charge in [-0.15, -0.1) is 0 Å². The lowest BCUT2D eigenvalue weighted by Gasteiger charge is -2.16. The van der Waals surface area contributed by atoms with Crippen LogP contribution in [-0.4, -0.2) is 21.3 Å². The molecule has 162 valence electrons. The molecule has 3 aromatic rings. The third-order valence-electron chi connectivity index (χ3n) is 4.82. The van der Waals surface area contributed by atoms with Gasteiger partial charge in [0.05, 0.1) is 10.8 Å². The van der Waals surface area contributed by atoms with Crippen LogP contribution in [0.3, 0.4) is 0 Å². The number of nitrogen functional groups attached to an aromatic ring is 1. The number of pyridine rings is 1. The highest BCUT2D eigenvalue weighted by atomic mass is 32.2. The van der Waals surface area contributed by atoms with Gasteiger partial charge in [0.2, 0.25) is 5.91 Å². The lowest BCUT2D eigenvalue weighted by molar-refractivity contribution is -0.115. The molecule has 1 amide bonds. The van der Waals surface area contributed by atoms with E-state index >= 15 is 0 Å². The molecule has 32 heavy (non-hydrogen) atoms. The summed E-state index contributed by atoms with van der Waals surface area (Å²) in [5, 5.41) is 25.7. The number of thioether (sulfide) groups is 1.